The van der Waals surface area contributed by atoms with Crippen molar-refractivity contribution in [2.24, 2.45) is 11.3 Å². The second-order valence-corrected chi connectivity index (χ2v) is 6.55. The van der Waals surface area contributed by atoms with Gasteiger partial charge in [-0.15, -0.1) is 0 Å². The summed E-state index contributed by atoms with van der Waals surface area (Å²) in [5.74, 6) is 0.0890. The lowest BCUT2D eigenvalue weighted by atomic mass is 9.78. The van der Waals surface area contributed by atoms with E-state index >= 15 is 0 Å². The number of aliphatic hydroxyl groups is 1. The van der Waals surface area contributed by atoms with Crippen LogP contribution >= 0.6 is 15.9 Å². The average molecular weight is 303 g/mol. The molecule has 17 heavy (non-hydrogen) atoms. The quantitative estimate of drug-likeness (QED) is 0.858. The molecular weight excluding hydrogens is 283 g/mol. The molecule has 0 radical (unpaired) electrons. The van der Waals surface area contributed by atoms with E-state index in [1.807, 2.05) is 0 Å². The summed E-state index contributed by atoms with van der Waals surface area (Å²) >= 11 is 3.13. The molecule has 0 aliphatic carbocycles. The zero-order valence-electron chi connectivity index (χ0n) is 10.8. The van der Waals surface area contributed by atoms with E-state index in [0.29, 0.717) is 16.8 Å². The van der Waals surface area contributed by atoms with Crippen molar-refractivity contribution in [3.8, 4) is 0 Å². The van der Waals surface area contributed by atoms with Crippen molar-refractivity contribution in [3.63, 3.8) is 0 Å². The highest BCUT2D eigenvalue weighted by atomic mass is 79.9. The third-order valence-electron chi connectivity index (χ3n) is 3.38. The Balaban J connectivity index is 2.76. The lowest BCUT2D eigenvalue weighted by Gasteiger charge is -2.29. The zero-order chi connectivity index (χ0) is 13.2. The van der Waals surface area contributed by atoms with Crippen LogP contribution in [-0.4, -0.2) is 5.11 Å². The first-order valence-corrected chi connectivity index (χ1v) is 6.64. The van der Waals surface area contributed by atoms with E-state index in [9.17, 15) is 9.50 Å². The number of hydrogen-bond donors (Lipinski definition) is 1. The molecule has 0 aliphatic rings. The molecule has 0 bridgehead atoms. The van der Waals surface area contributed by atoms with Crippen LogP contribution in [0.15, 0.2) is 22.7 Å². The minimum absolute atomic E-state index is 0.165. The summed E-state index contributed by atoms with van der Waals surface area (Å²) in [5, 5.41) is 10.1. The summed E-state index contributed by atoms with van der Waals surface area (Å²) in [5.41, 5.74) is 0.924. The van der Waals surface area contributed by atoms with Crippen LogP contribution in [0.5, 0.6) is 0 Å². The Labute approximate surface area is 111 Å². The molecule has 0 spiro atoms. The van der Waals surface area contributed by atoms with Crippen molar-refractivity contribution >= 4 is 15.9 Å². The molecule has 3 heteroatoms. The monoisotopic (exact) mass is 302 g/mol. The van der Waals surface area contributed by atoms with Crippen LogP contribution in [0.4, 0.5) is 4.39 Å². The Morgan fingerprint density at radius 1 is 1.35 bits per heavy atom. The fraction of sp³-hybridized carbons (Fsp3) is 0.571. The summed E-state index contributed by atoms with van der Waals surface area (Å²) < 4.78 is 13.5. The van der Waals surface area contributed by atoms with E-state index in [2.05, 4.69) is 43.6 Å². The van der Waals surface area contributed by atoms with Gasteiger partial charge in [0.15, 0.2) is 0 Å². The number of rotatable bonds is 3. The molecule has 1 aromatic rings. The van der Waals surface area contributed by atoms with Crippen LogP contribution in [0.1, 0.15) is 45.8 Å². The Kier molecular flexibility index (Phi) is 4.73. The molecule has 2 atom stereocenters. The van der Waals surface area contributed by atoms with Crippen molar-refractivity contribution in [2.45, 2.75) is 40.2 Å². The topological polar surface area (TPSA) is 20.2 Å². The molecule has 1 nitrogen and oxygen atoms in total. The van der Waals surface area contributed by atoms with Crippen molar-refractivity contribution in [1.82, 2.24) is 0 Å². The van der Waals surface area contributed by atoms with Crippen LogP contribution in [0.25, 0.3) is 0 Å². The number of hydrogen-bond acceptors (Lipinski definition) is 1. The first-order chi connectivity index (χ1) is 7.71. The molecule has 0 saturated heterocycles. The molecule has 1 aromatic carbocycles. The first kappa shape index (κ1) is 14.7. The largest absolute Gasteiger partial charge is 0.388 e. The summed E-state index contributed by atoms with van der Waals surface area (Å²) in [7, 11) is 0. The van der Waals surface area contributed by atoms with E-state index in [1.54, 1.807) is 12.1 Å². The Morgan fingerprint density at radius 3 is 2.41 bits per heavy atom. The fourth-order valence-corrected chi connectivity index (χ4v) is 1.94. The number of benzene rings is 1. The predicted molar refractivity (Wildman–Crippen MR) is 72.3 cm³/mol. The number of aliphatic hydroxyl groups excluding tert-OH is 1. The van der Waals surface area contributed by atoms with Gasteiger partial charge in [0.2, 0.25) is 0 Å². The SMILES string of the molecule is CC(CC(O)c1ccc(F)c(Br)c1)C(C)(C)C. The second kappa shape index (κ2) is 5.49. The Bertz CT molecular complexity index is 384. The highest BCUT2D eigenvalue weighted by Crippen LogP contribution is 2.34. The van der Waals surface area contributed by atoms with E-state index in [1.165, 1.54) is 6.07 Å². The van der Waals surface area contributed by atoms with Crippen LogP contribution in [0.2, 0.25) is 0 Å². The van der Waals surface area contributed by atoms with Gasteiger partial charge in [-0.2, -0.15) is 0 Å². The van der Waals surface area contributed by atoms with Crippen LogP contribution in [-0.2, 0) is 0 Å². The molecule has 1 N–H and O–H groups in total. The van der Waals surface area contributed by atoms with E-state index in [-0.39, 0.29) is 11.2 Å². The molecule has 0 amide bonds. The maximum atomic E-state index is 13.1. The third-order valence-corrected chi connectivity index (χ3v) is 3.99. The molecule has 0 aliphatic heterocycles. The molecule has 2 unspecified atom stereocenters. The van der Waals surface area contributed by atoms with E-state index in [0.717, 1.165) is 5.56 Å². The molecule has 0 saturated carbocycles. The molecular formula is C14H20BrFO. The average Bonchev–Trinajstić information content (AvgIpc) is 2.20. The van der Waals surface area contributed by atoms with Gasteiger partial charge in [0.05, 0.1) is 10.6 Å². The van der Waals surface area contributed by atoms with Crippen LogP contribution < -0.4 is 0 Å². The highest BCUT2D eigenvalue weighted by molar-refractivity contribution is 9.10. The molecule has 0 aromatic heterocycles. The lowest BCUT2D eigenvalue weighted by molar-refractivity contribution is 0.110. The summed E-state index contributed by atoms with van der Waals surface area (Å²) in [6.07, 6.45) is 0.141. The normalized spacial score (nSPS) is 15.7. The van der Waals surface area contributed by atoms with Crippen molar-refractivity contribution < 1.29 is 9.50 Å². The minimum Gasteiger partial charge on any atom is -0.388 e. The maximum Gasteiger partial charge on any atom is 0.137 e. The Morgan fingerprint density at radius 2 is 1.94 bits per heavy atom. The first-order valence-electron chi connectivity index (χ1n) is 5.85. The van der Waals surface area contributed by atoms with Crippen molar-refractivity contribution in [3.05, 3.63) is 34.1 Å². The Hall–Kier alpha value is -0.410. The standard InChI is InChI=1S/C14H20BrFO/c1-9(14(2,3)4)7-13(17)10-5-6-12(16)11(15)8-10/h5-6,8-9,13,17H,7H2,1-4H3. The fourth-order valence-electron chi connectivity index (χ4n) is 1.54. The van der Waals surface area contributed by atoms with Gasteiger partial charge in [-0.05, 0) is 51.4 Å². The van der Waals surface area contributed by atoms with Gasteiger partial charge in [0.1, 0.15) is 5.82 Å². The zero-order valence-corrected chi connectivity index (χ0v) is 12.4. The molecule has 0 fully saturated rings. The van der Waals surface area contributed by atoms with Gasteiger partial charge < -0.3 is 5.11 Å². The van der Waals surface area contributed by atoms with Gasteiger partial charge in [-0.25, -0.2) is 4.39 Å². The summed E-state index contributed by atoms with van der Waals surface area (Å²) in [6.45, 7) is 8.60. The van der Waals surface area contributed by atoms with Crippen molar-refractivity contribution in [2.75, 3.05) is 0 Å². The highest BCUT2D eigenvalue weighted by Gasteiger charge is 2.23. The van der Waals surface area contributed by atoms with Gasteiger partial charge in [0, 0.05) is 0 Å². The van der Waals surface area contributed by atoms with Crippen LogP contribution in [0.3, 0.4) is 0 Å². The van der Waals surface area contributed by atoms with Crippen molar-refractivity contribution in [1.29, 1.82) is 0 Å². The van der Waals surface area contributed by atoms with E-state index in [4.69, 9.17) is 0 Å². The van der Waals surface area contributed by atoms with Gasteiger partial charge in [-0.3, -0.25) is 0 Å². The summed E-state index contributed by atoms with van der Waals surface area (Å²) in [4.78, 5) is 0. The second-order valence-electron chi connectivity index (χ2n) is 5.69. The van der Waals surface area contributed by atoms with E-state index < -0.39 is 6.10 Å². The smallest absolute Gasteiger partial charge is 0.137 e. The van der Waals surface area contributed by atoms with Gasteiger partial charge >= 0.3 is 0 Å². The van der Waals surface area contributed by atoms with Gasteiger partial charge in [0.25, 0.3) is 0 Å². The molecule has 0 heterocycles. The third kappa shape index (κ3) is 4.07. The van der Waals surface area contributed by atoms with Gasteiger partial charge in [-0.1, -0.05) is 33.8 Å². The number of halogens is 2. The summed E-state index contributed by atoms with van der Waals surface area (Å²) in [6, 6.07) is 4.67. The minimum atomic E-state index is -0.541. The lowest BCUT2D eigenvalue weighted by Crippen LogP contribution is -2.19. The predicted octanol–water partition coefficient (Wildman–Crippen LogP) is 4.69. The molecule has 96 valence electrons. The van der Waals surface area contributed by atoms with Crippen LogP contribution in [0, 0.1) is 17.2 Å². The maximum absolute atomic E-state index is 13.1. The molecule has 1 rings (SSSR count).